The third-order valence-electron chi connectivity index (χ3n) is 0.829. The molecule has 0 aromatic rings. The largest absolute Gasteiger partial charge is 0.251 e. The molecule has 0 aliphatic rings. The maximum absolute atomic E-state index is 11.4. The fraction of sp³-hybridized carbons (Fsp3) is 1.00. The first-order chi connectivity index (χ1) is 3.91. The van der Waals surface area contributed by atoms with E-state index in [4.69, 9.17) is 0 Å². The average Bonchev–Trinajstić information content (AvgIpc) is 1.81. The van der Waals surface area contributed by atoms with Crippen LogP contribution in [0.25, 0.3) is 0 Å². The Morgan fingerprint density at radius 2 is 2.12 bits per heavy atom. The lowest BCUT2D eigenvalue weighted by Gasteiger charge is -1.93. The normalized spacial score (nSPS) is 11.2. The first-order valence-corrected chi connectivity index (χ1v) is 5.11. The van der Waals surface area contributed by atoms with Gasteiger partial charge in [0.2, 0.25) is 0 Å². The maximum Gasteiger partial charge on any atom is 0.0931 e. The van der Waals surface area contributed by atoms with Crippen molar-refractivity contribution >= 4 is 17.8 Å². The molecule has 0 aliphatic heterocycles. The van der Waals surface area contributed by atoms with Gasteiger partial charge in [-0.3, -0.25) is 4.39 Å². The summed E-state index contributed by atoms with van der Waals surface area (Å²) in [4.78, 5) is 0. The molecule has 3 heteroatoms. The van der Waals surface area contributed by atoms with Crippen molar-refractivity contribution in [3.63, 3.8) is 0 Å². The number of halogens is 1. The quantitative estimate of drug-likeness (QED) is 0.419. The van der Waals surface area contributed by atoms with Crippen molar-refractivity contribution in [2.75, 3.05) is 25.2 Å². The molecule has 0 aliphatic carbocycles. The molecule has 2 unspecified atom stereocenters. The van der Waals surface area contributed by atoms with E-state index in [1.165, 1.54) is 18.7 Å². The first kappa shape index (κ1) is 8.79. The van der Waals surface area contributed by atoms with Crippen LogP contribution < -0.4 is 0 Å². The summed E-state index contributed by atoms with van der Waals surface area (Å²) in [6.45, 7) is -0.130. The van der Waals surface area contributed by atoms with Gasteiger partial charge in [-0.1, -0.05) is 0 Å². The molecule has 0 saturated carbocycles. The van der Waals surface area contributed by atoms with E-state index in [9.17, 15) is 4.39 Å². The summed E-state index contributed by atoms with van der Waals surface area (Å²) in [5.74, 6) is 0. The lowest BCUT2D eigenvalue weighted by molar-refractivity contribution is 0.532. The van der Waals surface area contributed by atoms with Gasteiger partial charge < -0.3 is 0 Å². The second-order valence-corrected chi connectivity index (χ2v) is 3.66. The van der Waals surface area contributed by atoms with Crippen LogP contribution in [-0.2, 0) is 0 Å². The van der Waals surface area contributed by atoms with E-state index >= 15 is 0 Å². The average molecular weight is 154 g/mol. The second-order valence-electron chi connectivity index (χ2n) is 1.58. The zero-order valence-corrected chi connectivity index (χ0v) is 7.15. The Bertz CT molecular complexity index is 35.4. The van der Waals surface area contributed by atoms with Crippen LogP contribution in [0.4, 0.5) is 4.39 Å². The number of rotatable bonds is 5. The van der Waals surface area contributed by atoms with Crippen LogP contribution >= 0.6 is 17.8 Å². The molecule has 50 valence electrons. The van der Waals surface area contributed by atoms with Gasteiger partial charge in [0.05, 0.1) is 6.67 Å². The van der Waals surface area contributed by atoms with Crippen molar-refractivity contribution in [2.24, 2.45) is 0 Å². The Morgan fingerprint density at radius 1 is 1.38 bits per heavy atom. The van der Waals surface area contributed by atoms with Gasteiger partial charge in [-0.15, -0.1) is 17.8 Å². The standard InChI is InChI=1S/C5H13FP2/c6-2-5-8-4-1-3-7/h8H,1-5,7H2. The Morgan fingerprint density at radius 3 is 2.62 bits per heavy atom. The summed E-state index contributed by atoms with van der Waals surface area (Å²) >= 11 is 0. The summed E-state index contributed by atoms with van der Waals surface area (Å²) < 4.78 is 11.4. The van der Waals surface area contributed by atoms with Gasteiger partial charge >= 0.3 is 0 Å². The van der Waals surface area contributed by atoms with Gasteiger partial charge in [0.15, 0.2) is 0 Å². The SMILES string of the molecule is FCCPCCCP. The lowest BCUT2D eigenvalue weighted by atomic mass is 10.6. The van der Waals surface area contributed by atoms with Gasteiger partial charge in [-0.2, -0.15) is 0 Å². The van der Waals surface area contributed by atoms with Crippen LogP contribution in [0.5, 0.6) is 0 Å². The summed E-state index contributed by atoms with van der Waals surface area (Å²) in [5, 5.41) is 0. The Kier molecular flexibility index (Phi) is 8.56. The molecule has 0 bridgehead atoms. The molecule has 0 nitrogen and oxygen atoms in total. The minimum absolute atomic E-state index is 0.130. The number of hydrogen-bond donors (Lipinski definition) is 0. The summed E-state index contributed by atoms with van der Waals surface area (Å²) in [7, 11) is 3.53. The Labute approximate surface area is 54.6 Å². The van der Waals surface area contributed by atoms with Gasteiger partial charge in [-0.25, -0.2) is 0 Å². The van der Waals surface area contributed by atoms with Crippen molar-refractivity contribution in [1.29, 1.82) is 0 Å². The van der Waals surface area contributed by atoms with Crippen LogP contribution in [0.15, 0.2) is 0 Å². The molecule has 0 heterocycles. The predicted molar refractivity (Wildman–Crippen MR) is 43.2 cm³/mol. The van der Waals surface area contributed by atoms with E-state index in [0.717, 1.165) is 14.7 Å². The fourth-order valence-corrected chi connectivity index (χ4v) is 1.87. The van der Waals surface area contributed by atoms with Gasteiger partial charge in [0, 0.05) is 0 Å². The third kappa shape index (κ3) is 6.79. The molecule has 0 aromatic carbocycles. The monoisotopic (exact) mass is 154 g/mol. The van der Waals surface area contributed by atoms with E-state index in [1.54, 1.807) is 0 Å². The summed E-state index contributed by atoms with van der Waals surface area (Å²) in [6, 6.07) is 0. The molecule has 0 saturated heterocycles. The van der Waals surface area contributed by atoms with Gasteiger partial charge in [-0.05, 0) is 24.9 Å². The van der Waals surface area contributed by atoms with E-state index < -0.39 is 0 Å². The molecule has 0 spiro atoms. The van der Waals surface area contributed by atoms with Crippen LogP contribution in [0.3, 0.4) is 0 Å². The predicted octanol–water partition coefficient (Wildman–Crippen LogP) is 1.90. The second kappa shape index (κ2) is 7.79. The third-order valence-corrected chi connectivity index (χ3v) is 2.49. The molecule has 0 radical (unpaired) electrons. The van der Waals surface area contributed by atoms with Crippen molar-refractivity contribution in [3.8, 4) is 0 Å². The molecule has 0 rings (SSSR count). The number of alkyl halides is 1. The topological polar surface area (TPSA) is 0 Å². The molecule has 0 aromatic heterocycles. The van der Waals surface area contributed by atoms with Crippen LogP contribution in [0.1, 0.15) is 6.42 Å². The zero-order valence-electron chi connectivity index (χ0n) is 4.99. The highest BCUT2D eigenvalue weighted by molar-refractivity contribution is 7.38. The minimum atomic E-state index is -0.130. The molecule has 0 fully saturated rings. The van der Waals surface area contributed by atoms with E-state index in [2.05, 4.69) is 9.24 Å². The van der Waals surface area contributed by atoms with Crippen molar-refractivity contribution < 1.29 is 4.39 Å². The summed E-state index contributed by atoms with van der Waals surface area (Å²) in [6.07, 6.45) is 4.40. The highest BCUT2D eigenvalue weighted by atomic mass is 31.1. The highest BCUT2D eigenvalue weighted by Gasteiger charge is 1.84. The highest BCUT2D eigenvalue weighted by Crippen LogP contribution is 2.10. The van der Waals surface area contributed by atoms with Crippen LogP contribution in [-0.4, -0.2) is 25.2 Å². The van der Waals surface area contributed by atoms with E-state index in [-0.39, 0.29) is 6.67 Å². The van der Waals surface area contributed by atoms with Gasteiger partial charge in [0.25, 0.3) is 0 Å². The smallest absolute Gasteiger partial charge is 0.0931 e. The van der Waals surface area contributed by atoms with E-state index in [0.29, 0.717) is 0 Å². The van der Waals surface area contributed by atoms with Crippen LogP contribution in [0.2, 0.25) is 0 Å². The van der Waals surface area contributed by atoms with Crippen molar-refractivity contribution in [3.05, 3.63) is 0 Å². The van der Waals surface area contributed by atoms with E-state index in [1.807, 2.05) is 0 Å². The summed E-state index contributed by atoms with van der Waals surface area (Å²) in [5.41, 5.74) is 0. The first-order valence-electron chi connectivity index (χ1n) is 2.88. The van der Waals surface area contributed by atoms with Crippen molar-refractivity contribution in [1.82, 2.24) is 0 Å². The molecular weight excluding hydrogens is 141 g/mol. The maximum atomic E-state index is 11.4. The zero-order chi connectivity index (χ0) is 6.24. The molecule has 8 heavy (non-hydrogen) atoms. The lowest BCUT2D eigenvalue weighted by Crippen LogP contribution is -1.81. The Balaban J connectivity index is 2.53. The minimum Gasteiger partial charge on any atom is -0.251 e. The van der Waals surface area contributed by atoms with Gasteiger partial charge in [0.1, 0.15) is 0 Å². The molecular formula is C5H13FP2. The number of hydrogen-bond acceptors (Lipinski definition) is 0. The molecule has 0 amide bonds. The molecule has 0 N–H and O–H groups in total. The fourth-order valence-electron chi connectivity index (χ4n) is 0.419. The van der Waals surface area contributed by atoms with Crippen LogP contribution in [0, 0.1) is 0 Å². The van der Waals surface area contributed by atoms with Crippen molar-refractivity contribution in [2.45, 2.75) is 6.42 Å². The Hall–Kier alpha value is 0.790. The molecule has 2 atom stereocenters.